The zero-order chi connectivity index (χ0) is 7.97. The van der Waals surface area contributed by atoms with Gasteiger partial charge in [0.05, 0.1) is 0 Å². The zero-order valence-electron chi connectivity index (χ0n) is 6.50. The van der Waals surface area contributed by atoms with Crippen molar-refractivity contribution in [2.24, 2.45) is 0 Å². The predicted molar refractivity (Wildman–Crippen MR) is 44.6 cm³/mol. The lowest BCUT2D eigenvalue weighted by Crippen LogP contribution is -2.00. The standard InChI is InChI=1S/C9H8N2O/c1-2-8-9(11-5-12-8)7-4-10-3-6(1)7/h1-2,5,10H,3-4H2. The molecule has 60 valence electrons. The van der Waals surface area contributed by atoms with E-state index in [9.17, 15) is 0 Å². The summed E-state index contributed by atoms with van der Waals surface area (Å²) in [6.07, 6.45) is 1.50. The Balaban J connectivity index is 2.46. The van der Waals surface area contributed by atoms with Crippen LogP contribution in [0, 0.1) is 0 Å². The van der Waals surface area contributed by atoms with Crippen LogP contribution < -0.4 is 5.32 Å². The molecule has 12 heavy (non-hydrogen) atoms. The van der Waals surface area contributed by atoms with Gasteiger partial charge in [-0.05, 0) is 11.6 Å². The van der Waals surface area contributed by atoms with E-state index in [4.69, 9.17) is 4.42 Å². The monoisotopic (exact) mass is 160 g/mol. The average molecular weight is 160 g/mol. The molecule has 0 bridgehead atoms. The highest BCUT2D eigenvalue weighted by Gasteiger charge is 2.14. The number of aromatic nitrogens is 1. The first kappa shape index (κ1) is 6.20. The average Bonchev–Trinajstić information content (AvgIpc) is 2.71. The fourth-order valence-electron chi connectivity index (χ4n) is 1.71. The first-order valence-corrected chi connectivity index (χ1v) is 4.00. The molecular weight excluding hydrogens is 152 g/mol. The van der Waals surface area contributed by atoms with Crippen LogP contribution in [0.25, 0.3) is 11.1 Å². The highest BCUT2D eigenvalue weighted by atomic mass is 16.3. The van der Waals surface area contributed by atoms with Gasteiger partial charge >= 0.3 is 0 Å². The third-order valence-electron chi connectivity index (χ3n) is 2.32. The fourth-order valence-corrected chi connectivity index (χ4v) is 1.71. The molecule has 0 saturated heterocycles. The van der Waals surface area contributed by atoms with Crippen molar-refractivity contribution in [2.75, 3.05) is 0 Å². The molecule has 0 unspecified atom stereocenters. The normalized spacial score (nSPS) is 15.3. The molecule has 0 spiro atoms. The number of fused-ring (bicyclic) bond motifs is 3. The van der Waals surface area contributed by atoms with Gasteiger partial charge in [0.15, 0.2) is 12.0 Å². The van der Waals surface area contributed by atoms with Crippen molar-refractivity contribution in [3.8, 4) is 0 Å². The van der Waals surface area contributed by atoms with E-state index in [1.807, 2.05) is 6.07 Å². The van der Waals surface area contributed by atoms with E-state index >= 15 is 0 Å². The van der Waals surface area contributed by atoms with Gasteiger partial charge < -0.3 is 9.73 Å². The van der Waals surface area contributed by atoms with Gasteiger partial charge in [-0.2, -0.15) is 0 Å². The molecule has 3 nitrogen and oxygen atoms in total. The second-order valence-corrected chi connectivity index (χ2v) is 3.01. The molecule has 1 N–H and O–H groups in total. The summed E-state index contributed by atoms with van der Waals surface area (Å²) >= 11 is 0. The summed E-state index contributed by atoms with van der Waals surface area (Å²) in [7, 11) is 0. The SMILES string of the molecule is c1nc2c3c(ccc2o1)CNC3. The number of hydrogen-bond donors (Lipinski definition) is 1. The summed E-state index contributed by atoms with van der Waals surface area (Å²) in [5.74, 6) is 0. The van der Waals surface area contributed by atoms with Crippen LogP contribution in [0.4, 0.5) is 0 Å². The molecule has 0 radical (unpaired) electrons. The van der Waals surface area contributed by atoms with Crippen molar-refractivity contribution in [2.45, 2.75) is 13.1 Å². The summed E-state index contributed by atoms with van der Waals surface area (Å²) < 4.78 is 5.20. The summed E-state index contributed by atoms with van der Waals surface area (Å²) in [6, 6.07) is 4.08. The van der Waals surface area contributed by atoms with Crippen LogP contribution in [0.2, 0.25) is 0 Å². The fraction of sp³-hybridized carbons (Fsp3) is 0.222. The molecule has 0 amide bonds. The van der Waals surface area contributed by atoms with Gasteiger partial charge in [0.25, 0.3) is 0 Å². The Bertz CT molecular complexity index is 433. The first-order chi connectivity index (χ1) is 5.95. The van der Waals surface area contributed by atoms with Crippen molar-refractivity contribution >= 4 is 11.1 Å². The van der Waals surface area contributed by atoms with Crippen molar-refractivity contribution in [1.29, 1.82) is 0 Å². The van der Waals surface area contributed by atoms with Crippen molar-refractivity contribution in [3.63, 3.8) is 0 Å². The lowest BCUT2D eigenvalue weighted by Gasteiger charge is -1.95. The van der Waals surface area contributed by atoms with Gasteiger partial charge in [-0.15, -0.1) is 0 Å². The number of nitrogens with zero attached hydrogens (tertiary/aromatic N) is 1. The van der Waals surface area contributed by atoms with Crippen LogP contribution in [0.3, 0.4) is 0 Å². The van der Waals surface area contributed by atoms with E-state index in [1.165, 1.54) is 17.5 Å². The maximum Gasteiger partial charge on any atom is 0.181 e. The van der Waals surface area contributed by atoms with E-state index in [1.54, 1.807) is 0 Å². The lowest BCUT2D eigenvalue weighted by molar-refractivity contribution is 0.602. The second-order valence-electron chi connectivity index (χ2n) is 3.01. The van der Waals surface area contributed by atoms with Gasteiger partial charge in [-0.25, -0.2) is 4.98 Å². The van der Waals surface area contributed by atoms with Crippen LogP contribution >= 0.6 is 0 Å². The molecule has 1 aliphatic rings. The van der Waals surface area contributed by atoms with E-state index in [2.05, 4.69) is 16.4 Å². The number of oxazole rings is 1. The summed E-state index contributed by atoms with van der Waals surface area (Å²) in [6.45, 7) is 1.87. The molecule has 0 atom stereocenters. The Morgan fingerprint density at radius 3 is 3.33 bits per heavy atom. The van der Waals surface area contributed by atoms with E-state index < -0.39 is 0 Å². The second kappa shape index (κ2) is 2.08. The molecular formula is C9H8N2O. The molecule has 0 aliphatic carbocycles. The third kappa shape index (κ3) is 0.662. The van der Waals surface area contributed by atoms with E-state index in [0.717, 1.165) is 24.2 Å². The Morgan fingerprint density at radius 1 is 1.33 bits per heavy atom. The largest absolute Gasteiger partial charge is 0.443 e. The van der Waals surface area contributed by atoms with Crippen LogP contribution in [0.5, 0.6) is 0 Å². The maximum absolute atomic E-state index is 5.20. The molecule has 3 rings (SSSR count). The Hall–Kier alpha value is -1.35. The number of nitrogens with one attached hydrogen (secondary N) is 1. The molecule has 1 aliphatic heterocycles. The minimum Gasteiger partial charge on any atom is -0.443 e. The molecule has 2 aromatic rings. The van der Waals surface area contributed by atoms with Gasteiger partial charge in [0.2, 0.25) is 0 Å². The van der Waals surface area contributed by atoms with Crippen LogP contribution in [-0.4, -0.2) is 4.98 Å². The maximum atomic E-state index is 5.20. The van der Waals surface area contributed by atoms with Crippen LogP contribution in [-0.2, 0) is 13.1 Å². The molecule has 0 saturated carbocycles. The molecule has 2 heterocycles. The minimum atomic E-state index is 0.887. The number of benzene rings is 1. The topological polar surface area (TPSA) is 38.1 Å². The predicted octanol–water partition coefficient (Wildman–Crippen LogP) is 1.43. The molecule has 1 aromatic carbocycles. The van der Waals surface area contributed by atoms with Gasteiger partial charge in [-0.3, -0.25) is 0 Å². The van der Waals surface area contributed by atoms with Crippen molar-refractivity contribution < 1.29 is 4.42 Å². The van der Waals surface area contributed by atoms with Crippen LogP contribution in [0.1, 0.15) is 11.1 Å². The number of rotatable bonds is 0. The highest BCUT2D eigenvalue weighted by molar-refractivity contribution is 5.78. The third-order valence-corrected chi connectivity index (χ3v) is 2.32. The smallest absolute Gasteiger partial charge is 0.181 e. The molecule has 3 heteroatoms. The van der Waals surface area contributed by atoms with E-state index in [0.29, 0.717) is 0 Å². The van der Waals surface area contributed by atoms with Gasteiger partial charge in [0.1, 0.15) is 5.52 Å². The highest BCUT2D eigenvalue weighted by Crippen LogP contribution is 2.24. The summed E-state index contributed by atoms with van der Waals surface area (Å²) in [5, 5.41) is 3.29. The summed E-state index contributed by atoms with van der Waals surface area (Å²) in [4.78, 5) is 4.18. The van der Waals surface area contributed by atoms with Gasteiger partial charge in [-0.1, -0.05) is 6.07 Å². The molecule has 0 fully saturated rings. The van der Waals surface area contributed by atoms with Crippen molar-refractivity contribution in [1.82, 2.24) is 10.3 Å². The van der Waals surface area contributed by atoms with Crippen LogP contribution in [0.15, 0.2) is 22.9 Å². The minimum absolute atomic E-state index is 0.887. The summed E-state index contributed by atoms with van der Waals surface area (Å²) in [5.41, 5.74) is 4.53. The Morgan fingerprint density at radius 2 is 2.33 bits per heavy atom. The lowest BCUT2D eigenvalue weighted by atomic mass is 10.1. The number of hydrogen-bond acceptors (Lipinski definition) is 3. The van der Waals surface area contributed by atoms with Crippen molar-refractivity contribution in [3.05, 3.63) is 29.7 Å². The zero-order valence-corrected chi connectivity index (χ0v) is 6.50. The Kier molecular flexibility index (Phi) is 1.07. The molecule has 1 aromatic heterocycles. The van der Waals surface area contributed by atoms with E-state index in [-0.39, 0.29) is 0 Å². The quantitative estimate of drug-likeness (QED) is 0.633. The first-order valence-electron chi connectivity index (χ1n) is 4.00. The van der Waals surface area contributed by atoms with Gasteiger partial charge in [0, 0.05) is 18.7 Å². The Labute approximate surface area is 69.4 Å².